The predicted molar refractivity (Wildman–Crippen MR) is 55.7 cm³/mol. The topological polar surface area (TPSA) is 17.1 Å². The summed E-state index contributed by atoms with van der Waals surface area (Å²) in [5.41, 5.74) is 0.403. The lowest BCUT2D eigenvalue weighted by Crippen LogP contribution is -2.18. The number of alkyl halides is 2. The Bertz CT molecular complexity index is 317. The molecule has 0 saturated heterocycles. The van der Waals surface area contributed by atoms with Crippen LogP contribution in [0.5, 0.6) is 0 Å². The van der Waals surface area contributed by atoms with Gasteiger partial charge >= 0.3 is 0 Å². The van der Waals surface area contributed by atoms with Crippen LogP contribution in [-0.4, -0.2) is 5.24 Å². The summed E-state index contributed by atoms with van der Waals surface area (Å²) in [6.45, 7) is 0. The Balaban J connectivity index is 3.08. The van der Waals surface area contributed by atoms with E-state index in [0.717, 1.165) is 0 Å². The second kappa shape index (κ2) is 4.05. The first-order valence-corrected chi connectivity index (χ1v) is 4.79. The van der Waals surface area contributed by atoms with Gasteiger partial charge in [-0.15, -0.1) is 0 Å². The molecule has 1 nitrogen and oxygen atoms in total. The minimum Gasteiger partial charge on any atom is -0.277 e. The van der Waals surface area contributed by atoms with E-state index in [1.54, 1.807) is 24.3 Å². The van der Waals surface area contributed by atoms with Crippen LogP contribution >= 0.6 is 46.4 Å². The number of carbonyl (C=O) groups excluding carboxylic acids is 1. The zero-order valence-electron chi connectivity index (χ0n) is 6.23. The molecule has 13 heavy (non-hydrogen) atoms. The van der Waals surface area contributed by atoms with Crippen molar-refractivity contribution < 1.29 is 4.79 Å². The van der Waals surface area contributed by atoms with E-state index in [4.69, 9.17) is 46.4 Å². The minimum atomic E-state index is -1.70. The van der Waals surface area contributed by atoms with Crippen molar-refractivity contribution in [3.8, 4) is 0 Å². The first-order valence-electron chi connectivity index (χ1n) is 3.28. The fourth-order valence-electron chi connectivity index (χ4n) is 0.773. The van der Waals surface area contributed by atoms with Gasteiger partial charge in [0.15, 0.2) is 0 Å². The van der Waals surface area contributed by atoms with E-state index in [2.05, 4.69) is 0 Å². The van der Waals surface area contributed by atoms with Gasteiger partial charge < -0.3 is 0 Å². The molecule has 0 bridgehead atoms. The standard InChI is InChI=1S/C8H4Cl4O/c9-6-3-1-5(2-4-6)8(11,12)7(10)13/h1-4H. The predicted octanol–water partition coefficient (Wildman–Crippen LogP) is 3.74. The molecular weight excluding hydrogens is 254 g/mol. The van der Waals surface area contributed by atoms with Crippen LogP contribution in [-0.2, 0) is 9.13 Å². The molecule has 0 unspecified atom stereocenters. The fraction of sp³-hybridized carbons (Fsp3) is 0.125. The Kier molecular flexibility index (Phi) is 3.47. The number of halogens is 4. The van der Waals surface area contributed by atoms with Crippen molar-refractivity contribution in [3.05, 3.63) is 34.9 Å². The van der Waals surface area contributed by atoms with E-state index in [1.807, 2.05) is 0 Å². The molecule has 0 saturated carbocycles. The van der Waals surface area contributed by atoms with Gasteiger partial charge in [0.05, 0.1) is 0 Å². The summed E-state index contributed by atoms with van der Waals surface area (Å²) in [6.07, 6.45) is 0. The lowest BCUT2D eigenvalue weighted by atomic mass is 10.1. The second-order valence-corrected chi connectivity index (χ2v) is 4.46. The summed E-state index contributed by atoms with van der Waals surface area (Å²) in [7, 11) is 0. The van der Waals surface area contributed by atoms with Crippen molar-refractivity contribution in [1.29, 1.82) is 0 Å². The summed E-state index contributed by atoms with van der Waals surface area (Å²) in [5, 5.41) is -0.298. The average Bonchev–Trinajstić information content (AvgIpc) is 2.04. The molecule has 0 heterocycles. The molecule has 1 aromatic carbocycles. The third-order valence-electron chi connectivity index (χ3n) is 1.45. The maximum absolute atomic E-state index is 10.8. The van der Waals surface area contributed by atoms with Crippen molar-refractivity contribution in [2.45, 2.75) is 4.33 Å². The number of carbonyl (C=O) groups is 1. The highest BCUT2D eigenvalue weighted by Gasteiger charge is 2.34. The Morgan fingerprint density at radius 1 is 1.15 bits per heavy atom. The van der Waals surface area contributed by atoms with E-state index in [1.165, 1.54) is 0 Å². The van der Waals surface area contributed by atoms with Crippen LogP contribution in [0.4, 0.5) is 0 Å². The van der Waals surface area contributed by atoms with Crippen molar-refractivity contribution in [2.75, 3.05) is 0 Å². The Hall–Kier alpha value is 0.0500. The van der Waals surface area contributed by atoms with Crippen LogP contribution in [0.1, 0.15) is 5.56 Å². The molecule has 1 aromatic rings. The van der Waals surface area contributed by atoms with Crippen LogP contribution in [0.15, 0.2) is 24.3 Å². The first kappa shape index (κ1) is 11.1. The zero-order chi connectivity index (χ0) is 10.1. The van der Waals surface area contributed by atoms with Crippen molar-refractivity contribution in [1.82, 2.24) is 0 Å². The van der Waals surface area contributed by atoms with Gasteiger partial charge in [-0.2, -0.15) is 0 Å². The summed E-state index contributed by atoms with van der Waals surface area (Å²) in [4.78, 5) is 10.8. The molecule has 0 aliphatic carbocycles. The largest absolute Gasteiger partial charge is 0.277 e. The van der Waals surface area contributed by atoms with E-state index in [9.17, 15) is 4.79 Å². The summed E-state index contributed by atoms with van der Waals surface area (Å²) >= 11 is 22.2. The Morgan fingerprint density at radius 2 is 1.62 bits per heavy atom. The maximum atomic E-state index is 10.8. The minimum absolute atomic E-state index is 0.403. The number of rotatable bonds is 2. The lowest BCUT2D eigenvalue weighted by molar-refractivity contribution is -0.112. The van der Waals surface area contributed by atoms with Gasteiger partial charge in [-0.3, -0.25) is 4.79 Å². The van der Waals surface area contributed by atoms with E-state index in [-0.39, 0.29) is 0 Å². The van der Waals surface area contributed by atoms with Gasteiger partial charge in [0.2, 0.25) is 4.33 Å². The molecule has 0 atom stereocenters. The highest BCUT2D eigenvalue weighted by atomic mass is 35.5. The smallest absolute Gasteiger partial charge is 0.262 e. The number of hydrogen-bond donors (Lipinski definition) is 0. The number of hydrogen-bond acceptors (Lipinski definition) is 1. The van der Waals surface area contributed by atoms with Crippen LogP contribution in [0.3, 0.4) is 0 Å². The summed E-state index contributed by atoms with van der Waals surface area (Å²) in [6, 6.07) is 6.25. The van der Waals surface area contributed by atoms with Gasteiger partial charge in [-0.1, -0.05) is 46.9 Å². The molecule has 0 aliphatic heterocycles. The van der Waals surface area contributed by atoms with Crippen molar-refractivity contribution >= 4 is 51.6 Å². The van der Waals surface area contributed by atoms with Crippen LogP contribution in [0.2, 0.25) is 5.02 Å². The van der Waals surface area contributed by atoms with Crippen LogP contribution < -0.4 is 0 Å². The molecule has 1 rings (SSSR count). The quantitative estimate of drug-likeness (QED) is 0.583. The molecule has 0 fully saturated rings. The molecule has 70 valence electrons. The summed E-state index contributed by atoms with van der Waals surface area (Å²) < 4.78 is -1.70. The zero-order valence-corrected chi connectivity index (χ0v) is 9.25. The van der Waals surface area contributed by atoms with Gasteiger partial charge in [0, 0.05) is 5.02 Å². The van der Waals surface area contributed by atoms with Crippen LogP contribution in [0.25, 0.3) is 0 Å². The van der Waals surface area contributed by atoms with E-state index < -0.39 is 9.58 Å². The monoisotopic (exact) mass is 256 g/mol. The lowest BCUT2D eigenvalue weighted by Gasteiger charge is -2.14. The normalized spacial score (nSPS) is 11.4. The number of benzene rings is 1. The van der Waals surface area contributed by atoms with E-state index in [0.29, 0.717) is 10.6 Å². The molecule has 0 radical (unpaired) electrons. The molecule has 0 aromatic heterocycles. The fourth-order valence-corrected chi connectivity index (χ4v) is 1.26. The average molecular weight is 258 g/mol. The van der Waals surface area contributed by atoms with E-state index >= 15 is 0 Å². The van der Waals surface area contributed by atoms with Gasteiger partial charge in [0.25, 0.3) is 5.24 Å². The SMILES string of the molecule is O=C(Cl)C(Cl)(Cl)c1ccc(Cl)cc1. The third kappa shape index (κ3) is 2.50. The van der Waals surface area contributed by atoms with Crippen molar-refractivity contribution in [2.24, 2.45) is 0 Å². The maximum Gasteiger partial charge on any atom is 0.262 e. The molecule has 0 aliphatic rings. The Labute approximate surface area is 95.5 Å². The van der Waals surface area contributed by atoms with Gasteiger partial charge in [-0.25, -0.2) is 0 Å². The molecule has 0 spiro atoms. The van der Waals surface area contributed by atoms with Crippen LogP contribution in [0, 0.1) is 0 Å². The molecular formula is C8H4Cl4O. The summed E-state index contributed by atoms with van der Waals surface area (Å²) in [5.74, 6) is 0. The molecule has 0 amide bonds. The van der Waals surface area contributed by atoms with Crippen molar-refractivity contribution in [3.63, 3.8) is 0 Å². The molecule has 0 N–H and O–H groups in total. The first-order chi connectivity index (χ1) is 5.94. The second-order valence-electron chi connectivity index (χ2n) is 2.35. The highest BCUT2D eigenvalue weighted by molar-refractivity contribution is 6.77. The van der Waals surface area contributed by atoms with Gasteiger partial charge in [-0.05, 0) is 29.3 Å². The molecule has 5 heteroatoms. The highest BCUT2D eigenvalue weighted by Crippen LogP contribution is 2.36. The third-order valence-corrected chi connectivity index (χ3v) is 2.96. The Morgan fingerprint density at radius 3 is 2.00 bits per heavy atom. The van der Waals surface area contributed by atoms with Gasteiger partial charge in [0.1, 0.15) is 0 Å².